The second kappa shape index (κ2) is 8.17. The lowest BCUT2D eigenvalue weighted by atomic mass is 9.95. The molecule has 2 amide bonds. The molecule has 28 heavy (non-hydrogen) atoms. The number of halogens is 1. The van der Waals surface area contributed by atoms with Crippen LogP contribution >= 0.6 is 22.9 Å². The summed E-state index contributed by atoms with van der Waals surface area (Å²) in [6.45, 7) is 0. The van der Waals surface area contributed by atoms with Crippen LogP contribution in [0.3, 0.4) is 0 Å². The molecule has 0 aliphatic heterocycles. The average molecular weight is 411 g/mol. The smallest absolute Gasteiger partial charge is 0.258 e. The highest BCUT2D eigenvalue weighted by Gasteiger charge is 2.27. The molecule has 1 aliphatic rings. The van der Waals surface area contributed by atoms with Gasteiger partial charge in [0.2, 0.25) is 0 Å². The third-order valence-corrected chi connectivity index (χ3v) is 6.31. The molecule has 142 valence electrons. The van der Waals surface area contributed by atoms with Crippen molar-refractivity contribution in [3.05, 3.63) is 81.2 Å². The van der Waals surface area contributed by atoms with Crippen LogP contribution in [0.15, 0.2) is 54.6 Å². The molecule has 4 nitrogen and oxygen atoms in total. The first-order valence-corrected chi connectivity index (χ1v) is 10.4. The summed E-state index contributed by atoms with van der Waals surface area (Å²) < 4.78 is 0. The van der Waals surface area contributed by atoms with E-state index in [4.69, 9.17) is 11.6 Å². The molecule has 0 saturated carbocycles. The van der Waals surface area contributed by atoms with Crippen LogP contribution in [0, 0.1) is 0 Å². The number of carbonyl (C=O) groups excluding carboxylic acids is 2. The fraction of sp³-hybridized carbons (Fsp3) is 0.182. The third-order valence-electron chi connectivity index (χ3n) is 4.78. The van der Waals surface area contributed by atoms with E-state index in [0.29, 0.717) is 21.2 Å². The number of benzene rings is 2. The van der Waals surface area contributed by atoms with Crippen molar-refractivity contribution >= 4 is 45.4 Å². The van der Waals surface area contributed by atoms with Crippen LogP contribution < -0.4 is 10.6 Å². The van der Waals surface area contributed by atoms with Crippen molar-refractivity contribution in [2.75, 3.05) is 10.6 Å². The summed E-state index contributed by atoms with van der Waals surface area (Å²) >= 11 is 7.65. The SMILES string of the molecule is O=C(Nc1sc2c(c1C(=O)Nc1ccccc1)CCCC2)c1ccccc1Cl. The Balaban J connectivity index is 1.67. The lowest BCUT2D eigenvalue weighted by Crippen LogP contribution is -2.18. The maximum absolute atomic E-state index is 13.1. The number of amides is 2. The number of hydrogen-bond donors (Lipinski definition) is 2. The molecular formula is C22H19ClN2O2S. The van der Waals surface area contributed by atoms with Crippen LogP contribution in [-0.4, -0.2) is 11.8 Å². The summed E-state index contributed by atoms with van der Waals surface area (Å²) in [4.78, 5) is 27.0. The molecule has 0 spiro atoms. The number of thiophene rings is 1. The van der Waals surface area contributed by atoms with Crippen molar-refractivity contribution < 1.29 is 9.59 Å². The Morgan fingerprint density at radius 1 is 0.857 bits per heavy atom. The predicted molar refractivity (Wildman–Crippen MR) is 115 cm³/mol. The minimum Gasteiger partial charge on any atom is -0.322 e. The van der Waals surface area contributed by atoms with E-state index in [9.17, 15) is 9.59 Å². The molecule has 2 aromatic carbocycles. The molecule has 1 aromatic heterocycles. The fourth-order valence-electron chi connectivity index (χ4n) is 3.43. The van der Waals surface area contributed by atoms with Crippen molar-refractivity contribution in [2.24, 2.45) is 0 Å². The maximum atomic E-state index is 13.1. The molecule has 1 aliphatic carbocycles. The van der Waals surface area contributed by atoms with E-state index in [1.54, 1.807) is 24.3 Å². The monoisotopic (exact) mass is 410 g/mol. The molecule has 0 saturated heterocycles. The van der Waals surface area contributed by atoms with Gasteiger partial charge in [-0.2, -0.15) is 0 Å². The lowest BCUT2D eigenvalue weighted by molar-refractivity contribution is 0.102. The Morgan fingerprint density at radius 2 is 1.57 bits per heavy atom. The maximum Gasteiger partial charge on any atom is 0.258 e. The number of rotatable bonds is 4. The Kier molecular flexibility index (Phi) is 5.46. The van der Waals surface area contributed by atoms with E-state index in [2.05, 4.69) is 10.6 Å². The highest BCUT2D eigenvalue weighted by Crippen LogP contribution is 2.39. The fourth-order valence-corrected chi connectivity index (χ4v) is 4.93. The first-order chi connectivity index (χ1) is 13.6. The summed E-state index contributed by atoms with van der Waals surface area (Å²) in [6.07, 6.45) is 3.94. The van der Waals surface area contributed by atoms with Crippen LogP contribution in [0.1, 0.15) is 44.0 Å². The van der Waals surface area contributed by atoms with Gasteiger partial charge >= 0.3 is 0 Å². The zero-order valence-corrected chi connectivity index (χ0v) is 16.7. The number of fused-ring (bicyclic) bond motifs is 1. The molecule has 6 heteroatoms. The Hall–Kier alpha value is -2.63. The van der Waals surface area contributed by atoms with Crippen molar-refractivity contribution in [3.63, 3.8) is 0 Å². The number of nitrogens with one attached hydrogen (secondary N) is 2. The summed E-state index contributed by atoms with van der Waals surface area (Å²) in [5, 5.41) is 6.85. The van der Waals surface area contributed by atoms with Crippen LogP contribution in [-0.2, 0) is 12.8 Å². The van der Waals surface area contributed by atoms with E-state index in [-0.39, 0.29) is 11.8 Å². The Bertz CT molecular complexity index is 1030. The Morgan fingerprint density at radius 3 is 2.36 bits per heavy atom. The van der Waals surface area contributed by atoms with Gasteiger partial charge in [0.25, 0.3) is 11.8 Å². The highest BCUT2D eigenvalue weighted by molar-refractivity contribution is 7.17. The van der Waals surface area contributed by atoms with Gasteiger partial charge in [-0.05, 0) is 55.5 Å². The van der Waals surface area contributed by atoms with E-state index in [0.717, 1.165) is 36.9 Å². The zero-order valence-electron chi connectivity index (χ0n) is 15.1. The number of hydrogen-bond acceptors (Lipinski definition) is 3. The van der Waals surface area contributed by atoms with Gasteiger partial charge in [0.05, 0.1) is 16.1 Å². The topological polar surface area (TPSA) is 58.2 Å². The van der Waals surface area contributed by atoms with Crippen LogP contribution in [0.25, 0.3) is 0 Å². The van der Waals surface area contributed by atoms with Gasteiger partial charge in [-0.3, -0.25) is 9.59 Å². The molecule has 4 rings (SSSR count). The van der Waals surface area contributed by atoms with E-state index in [1.165, 1.54) is 16.2 Å². The summed E-state index contributed by atoms with van der Waals surface area (Å²) in [7, 11) is 0. The average Bonchev–Trinajstić information content (AvgIpc) is 3.07. The van der Waals surface area contributed by atoms with Gasteiger partial charge in [0.15, 0.2) is 0 Å². The molecule has 0 bridgehead atoms. The first kappa shape index (κ1) is 18.7. The normalized spacial score (nSPS) is 12.9. The second-order valence-corrected chi connectivity index (χ2v) is 8.18. The molecule has 2 N–H and O–H groups in total. The van der Waals surface area contributed by atoms with E-state index >= 15 is 0 Å². The number of carbonyl (C=O) groups is 2. The van der Waals surface area contributed by atoms with Gasteiger partial charge in [0, 0.05) is 10.6 Å². The largest absolute Gasteiger partial charge is 0.322 e. The molecule has 1 heterocycles. The van der Waals surface area contributed by atoms with E-state index < -0.39 is 0 Å². The summed E-state index contributed by atoms with van der Waals surface area (Å²) in [5.41, 5.74) is 2.75. The van der Waals surface area contributed by atoms with Crippen molar-refractivity contribution in [3.8, 4) is 0 Å². The second-order valence-electron chi connectivity index (χ2n) is 6.67. The molecule has 3 aromatic rings. The van der Waals surface area contributed by atoms with Crippen LogP contribution in [0.5, 0.6) is 0 Å². The van der Waals surface area contributed by atoms with Gasteiger partial charge < -0.3 is 10.6 Å². The highest BCUT2D eigenvalue weighted by atomic mass is 35.5. The predicted octanol–water partition coefficient (Wildman–Crippen LogP) is 5.78. The summed E-state index contributed by atoms with van der Waals surface area (Å²) in [5.74, 6) is -0.502. The van der Waals surface area contributed by atoms with Gasteiger partial charge in [-0.15, -0.1) is 11.3 Å². The number of para-hydroxylation sites is 1. The van der Waals surface area contributed by atoms with Crippen LogP contribution in [0.2, 0.25) is 5.02 Å². The summed E-state index contributed by atoms with van der Waals surface area (Å²) in [6, 6.07) is 16.2. The van der Waals surface area contributed by atoms with Gasteiger partial charge in [-0.25, -0.2) is 0 Å². The van der Waals surface area contributed by atoms with E-state index in [1.807, 2.05) is 30.3 Å². The standard InChI is InChI=1S/C22H19ClN2O2S/c23-17-12-6-4-10-15(17)20(26)25-22-19(16-11-5-7-13-18(16)28-22)21(27)24-14-8-2-1-3-9-14/h1-4,6,8-10,12H,5,7,11,13H2,(H,24,27)(H,25,26). The lowest BCUT2D eigenvalue weighted by Gasteiger charge is -2.13. The molecule has 0 radical (unpaired) electrons. The molecular weight excluding hydrogens is 392 g/mol. The van der Waals surface area contributed by atoms with Gasteiger partial charge in [0.1, 0.15) is 5.00 Å². The van der Waals surface area contributed by atoms with Crippen molar-refractivity contribution in [1.82, 2.24) is 0 Å². The number of anilines is 2. The zero-order chi connectivity index (χ0) is 19.5. The van der Waals surface area contributed by atoms with Crippen LogP contribution in [0.4, 0.5) is 10.7 Å². The van der Waals surface area contributed by atoms with Crippen molar-refractivity contribution in [2.45, 2.75) is 25.7 Å². The number of aryl methyl sites for hydroxylation is 1. The minimum absolute atomic E-state index is 0.194. The quantitative estimate of drug-likeness (QED) is 0.572. The first-order valence-electron chi connectivity index (χ1n) is 9.20. The molecule has 0 fully saturated rings. The Labute approximate surface area is 172 Å². The van der Waals surface area contributed by atoms with Crippen molar-refractivity contribution in [1.29, 1.82) is 0 Å². The molecule has 0 atom stereocenters. The minimum atomic E-state index is -0.307. The molecule has 0 unspecified atom stereocenters. The van der Waals surface area contributed by atoms with Gasteiger partial charge in [-0.1, -0.05) is 41.9 Å². The third kappa shape index (κ3) is 3.81.